The third kappa shape index (κ3) is 3.48. The maximum absolute atomic E-state index is 12.4. The summed E-state index contributed by atoms with van der Waals surface area (Å²) < 4.78 is 26.3. The number of hydrogen-bond donors (Lipinski definition) is 2. The molecule has 6 nitrogen and oxygen atoms in total. The minimum atomic E-state index is -3.62. The van der Waals surface area contributed by atoms with Crippen molar-refractivity contribution in [1.29, 1.82) is 0 Å². The van der Waals surface area contributed by atoms with Crippen molar-refractivity contribution in [2.45, 2.75) is 30.7 Å². The smallest absolute Gasteiger partial charge is 0.314 e. The number of carbonyl (C=O) groups excluding carboxylic acids is 1. The number of sulfonamides is 1. The quantitative estimate of drug-likeness (QED) is 0.815. The Morgan fingerprint density at radius 1 is 1.36 bits per heavy atom. The fourth-order valence-electron chi connectivity index (χ4n) is 2.45. The summed E-state index contributed by atoms with van der Waals surface area (Å²) in [6.45, 7) is 2.61. The van der Waals surface area contributed by atoms with Crippen LogP contribution in [0.3, 0.4) is 0 Å². The second kappa shape index (κ2) is 6.93. The van der Waals surface area contributed by atoms with E-state index in [-0.39, 0.29) is 22.7 Å². The first-order valence-electron chi connectivity index (χ1n) is 7.26. The molecule has 0 aromatic heterocycles. The van der Waals surface area contributed by atoms with Gasteiger partial charge in [-0.2, -0.15) is 0 Å². The number of urea groups is 1. The van der Waals surface area contributed by atoms with Crippen LogP contribution < -0.4 is 10.0 Å². The van der Waals surface area contributed by atoms with E-state index in [1.165, 1.54) is 13.1 Å². The summed E-state index contributed by atoms with van der Waals surface area (Å²) in [5.74, 6) is 0. The van der Waals surface area contributed by atoms with Crippen LogP contribution in [-0.4, -0.2) is 39.0 Å². The number of para-hydroxylation sites is 1. The number of benzene rings is 1. The number of hydrogen-bond acceptors (Lipinski definition) is 3. The summed E-state index contributed by atoms with van der Waals surface area (Å²) in [5.41, 5.74) is 0.281. The lowest BCUT2D eigenvalue weighted by Gasteiger charge is -2.25. The minimum absolute atomic E-state index is 0.0602. The Balaban J connectivity index is 2.20. The molecule has 0 fully saturated rings. The van der Waals surface area contributed by atoms with Gasteiger partial charge in [0.1, 0.15) is 4.90 Å². The monoisotopic (exact) mass is 323 g/mol. The highest BCUT2D eigenvalue weighted by molar-refractivity contribution is 7.89. The topological polar surface area (TPSA) is 78.5 Å². The Kier molecular flexibility index (Phi) is 5.20. The number of nitrogens with one attached hydrogen (secondary N) is 2. The van der Waals surface area contributed by atoms with Crippen LogP contribution in [0.2, 0.25) is 0 Å². The Bertz CT molecular complexity index is 670. The van der Waals surface area contributed by atoms with E-state index in [9.17, 15) is 13.2 Å². The molecule has 1 aliphatic rings. The van der Waals surface area contributed by atoms with Crippen molar-refractivity contribution in [3.05, 3.63) is 36.4 Å². The van der Waals surface area contributed by atoms with Crippen LogP contribution >= 0.6 is 0 Å². The van der Waals surface area contributed by atoms with Crippen molar-refractivity contribution in [2.75, 3.05) is 18.9 Å². The SMILES string of the molecule is CCC[C@H]1C=CCN1C(=O)Nc1ccccc1S(=O)(=O)NC. The molecule has 2 amide bonds. The zero-order valence-electron chi connectivity index (χ0n) is 12.7. The van der Waals surface area contributed by atoms with Crippen molar-refractivity contribution in [2.24, 2.45) is 0 Å². The zero-order chi connectivity index (χ0) is 16.2. The van der Waals surface area contributed by atoms with Crippen molar-refractivity contribution < 1.29 is 13.2 Å². The van der Waals surface area contributed by atoms with Crippen molar-refractivity contribution in [3.63, 3.8) is 0 Å². The van der Waals surface area contributed by atoms with Crippen LogP contribution in [0, 0.1) is 0 Å². The Labute approximate surface area is 131 Å². The lowest BCUT2D eigenvalue weighted by atomic mass is 10.2. The van der Waals surface area contributed by atoms with Gasteiger partial charge in [0.05, 0.1) is 11.7 Å². The molecule has 120 valence electrons. The number of amides is 2. The molecule has 1 atom stereocenters. The third-order valence-corrected chi connectivity index (χ3v) is 5.07. The molecule has 1 aromatic carbocycles. The maximum atomic E-state index is 12.4. The molecule has 0 aliphatic carbocycles. The molecular formula is C15H21N3O3S. The standard InChI is InChI=1S/C15H21N3O3S/c1-3-7-12-8-6-11-18(12)15(19)17-13-9-4-5-10-14(13)22(20,21)16-2/h4-6,8-10,12,16H,3,7,11H2,1-2H3,(H,17,19)/t12-/m0/s1. The van der Waals surface area contributed by atoms with Gasteiger partial charge in [0.25, 0.3) is 0 Å². The fourth-order valence-corrected chi connectivity index (χ4v) is 3.34. The summed E-state index contributed by atoms with van der Waals surface area (Å²) in [5, 5.41) is 2.71. The van der Waals surface area contributed by atoms with Gasteiger partial charge < -0.3 is 10.2 Å². The fraction of sp³-hybridized carbons (Fsp3) is 0.400. The molecule has 7 heteroatoms. The molecule has 1 aliphatic heterocycles. The van der Waals surface area contributed by atoms with E-state index in [2.05, 4.69) is 17.0 Å². The van der Waals surface area contributed by atoms with Gasteiger partial charge in [-0.05, 0) is 25.6 Å². The normalized spacial score (nSPS) is 17.7. The zero-order valence-corrected chi connectivity index (χ0v) is 13.6. The summed E-state index contributed by atoms with van der Waals surface area (Å²) in [6, 6.07) is 6.14. The molecule has 0 saturated heterocycles. The van der Waals surface area contributed by atoms with Crippen molar-refractivity contribution in [1.82, 2.24) is 9.62 Å². The molecule has 22 heavy (non-hydrogen) atoms. The van der Waals surface area contributed by atoms with Gasteiger partial charge in [0, 0.05) is 6.54 Å². The van der Waals surface area contributed by atoms with Crippen LogP contribution in [0.25, 0.3) is 0 Å². The molecule has 2 rings (SSSR count). The number of anilines is 1. The van der Waals surface area contributed by atoms with Crippen LogP contribution in [-0.2, 0) is 10.0 Å². The first-order chi connectivity index (χ1) is 10.5. The van der Waals surface area contributed by atoms with Crippen LogP contribution in [0.15, 0.2) is 41.3 Å². The predicted octanol–water partition coefficient (Wildman–Crippen LogP) is 2.17. The van der Waals surface area contributed by atoms with Gasteiger partial charge in [0.15, 0.2) is 0 Å². The van der Waals surface area contributed by atoms with E-state index in [4.69, 9.17) is 0 Å². The van der Waals surface area contributed by atoms with Gasteiger partial charge >= 0.3 is 6.03 Å². The number of carbonyl (C=O) groups is 1. The average molecular weight is 323 g/mol. The Morgan fingerprint density at radius 3 is 2.77 bits per heavy atom. The average Bonchev–Trinajstić information content (AvgIpc) is 2.96. The van der Waals surface area contributed by atoms with Crippen molar-refractivity contribution in [3.8, 4) is 0 Å². The first-order valence-corrected chi connectivity index (χ1v) is 8.74. The lowest BCUT2D eigenvalue weighted by Crippen LogP contribution is -2.39. The summed E-state index contributed by atoms with van der Waals surface area (Å²) in [7, 11) is -2.28. The maximum Gasteiger partial charge on any atom is 0.322 e. The van der Waals surface area contributed by atoms with Gasteiger partial charge in [-0.25, -0.2) is 17.9 Å². The van der Waals surface area contributed by atoms with Gasteiger partial charge in [-0.1, -0.05) is 37.6 Å². The molecule has 2 N–H and O–H groups in total. The molecule has 0 saturated carbocycles. The second-order valence-corrected chi connectivity index (χ2v) is 6.93. The molecule has 0 unspecified atom stereocenters. The van der Waals surface area contributed by atoms with E-state index in [1.807, 2.05) is 12.2 Å². The van der Waals surface area contributed by atoms with E-state index >= 15 is 0 Å². The first kappa shape index (κ1) is 16.5. The largest absolute Gasteiger partial charge is 0.322 e. The summed E-state index contributed by atoms with van der Waals surface area (Å²) in [4.78, 5) is 14.2. The van der Waals surface area contributed by atoms with E-state index in [0.717, 1.165) is 12.8 Å². The van der Waals surface area contributed by atoms with E-state index in [0.29, 0.717) is 6.54 Å². The summed E-state index contributed by atoms with van der Waals surface area (Å²) >= 11 is 0. The second-order valence-electron chi connectivity index (χ2n) is 5.07. The minimum Gasteiger partial charge on any atom is -0.314 e. The Morgan fingerprint density at radius 2 is 2.09 bits per heavy atom. The number of rotatable bonds is 5. The van der Waals surface area contributed by atoms with Crippen molar-refractivity contribution >= 4 is 21.7 Å². The molecule has 1 aromatic rings. The van der Waals surface area contributed by atoms with Gasteiger partial charge in [0.2, 0.25) is 10.0 Å². The van der Waals surface area contributed by atoms with E-state index < -0.39 is 10.0 Å². The molecule has 1 heterocycles. The highest BCUT2D eigenvalue weighted by Gasteiger charge is 2.25. The molecule has 0 bridgehead atoms. The molecule has 0 spiro atoms. The molecular weight excluding hydrogens is 302 g/mol. The number of nitrogens with zero attached hydrogens (tertiary/aromatic N) is 1. The summed E-state index contributed by atoms with van der Waals surface area (Å²) in [6.07, 6.45) is 5.83. The highest BCUT2D eigenvalue weighted by atomic mass is 32.2. The van der Waals surface area contributed by atoms with Gasteiger partial charge in [-0.3, -0.25) is 0 Å². The molecule has 0 radical (unpaired) electrons. The van der Waals surface area contributed by atoms with Crippen LogP contribution in [0.4, 0.5) is 10.5 Å². The van der Waals surface area contributed by atoms with Gasteiger partial charge in [-0.15, -0.1) is 0 Å². The third-order valence-electron chi connectivity index (χ3n) is 3.59. The van der Waals surface area contributed by atoms with E-state index in [1.54, 1.807) is 23.1 Å². The van der Waals surface area contributed by atoms with Crippen LogP contribution in [0.1, 0.15) is 19.8 Å². The highest BCUT2D eigenvalue weighted by Crippen LogP contribution is 2.22. The Hall–Kier alpha value is -1.86. The predicted molar refractivity (Wildman–Crippen MR) is 86.2 cm³/mol. The lowest BCUT2D eigenvalue weighted by molar-refractivity contribution is 0.208. The van der Waals surface area contributed by atoms with Crippen LogP contribution in [0.5, 0.6) is 0 Å².